The van der Waals surface area contributed by atoms with Crippen LogP contribution >= 0.6 is 0 Å². The van der Waals surface area contributed by atoms with E-state index in [0.717, 1.165) is 30.8 Å². The molecule has 2 atom stereocenters. The Kier molecular flexibility index (Phi) is 6.85. The predicted molar refractivity (Wildman–Crippen MR) is 122 cm³/mol. The Balaban J connectivity index is 1.28. The number of benzene rings is 2. The zero-order valence-corrected chi connectivity index (χ0v) is 18.4. The average Bonchev–Trinajstić information content (AvgIpc) is 3.30. The number of imide groups is 1. The van der Waals surface area contributed by atoms with E-state index in [-0.39, 0.29) is 24.9 Å². The van der Waals surface area contributed by atoms with Crippen LogP contribution in [0.2, 0.25) is 0 Å². The van der Waals surface area contributed by atoms with Gasteiger partial charge in [0.15, 0.2) is 0 Å². The van der Waals surface area contributed by atoms with Gasteiger partial charge in [-0.2, -0.15) is 0 Å². The van der Waals surface area contributed by atoms with Gasteiger partial charge in [0.25, 0.3) is 5.91 Å². The quantitative estimate of drug-likeness (QED) is 0.626. The van der Waals surface area contributed by atoms with Crippen molar-refractivity contribution >= 4 is 17.8 Å². The topological polar surface area (TPSA) is 81.8 Å². The van der Waals surface area contributed by atoms with Gasteiger partial charge in [-0.1, -0.05) is 48.5 Å². The van der Waals surface area contributed by atoms with Gasteiger partial charge < -0.3 is 10.6 Å². The number of rotatable bonds is 8. The number of likely N-dealkylation sites (tertiary alicyclic amines) is 1. The third-order valence-corrected chi connectivity index (χ3v) is 6.38. The van der Waals surface area contributed by atoms with Gasteiger partial charge in [0.1, 0.15) is 0 Å². The molecule has 2 aromatic carbocycles. The molecule has 0 aromatic heterocycles. The molecule has 2 aliphatic heterocycles. The first-order chi connectivity index (χ1) is 15.5. The number of hydrogen-bond acceptors (Lipinski definition) is 4. The van der Waals surface area contributed by atoms with E-state index in [0.29, 0.717) is 29.6 Å². The first-order valence-electron chi connectivity index (χ1n) is 11.2. The predicted octanol–water partition coefficient (Wildman–Crippen LogP) is 2.77. The fraction of sp³-hybridized carbons (Fsp3) is 0.400. The molecule has 2 aliphatic rings. The molecule has 0 bridgehead atoms. The Morgan fingerprint density at radius 2 is 1.81 bits per heavy atom. The fourth-order valence-electron chi connectivity index (χ4n) is 4.62. The van der Waals surface area contributed by atoms with E-state index < -0.39 is 6.03 Å². The van der Waals surface area contributed by atoms with Crippen molar-refractivity contribution in [3.63, 3.8) is 0 Å². The van der Waals surface area contributed by atoms with Crippen molar-refractivity contribution in [3.8, 4) is 0 Å². The first kappa shape index (κ1) is 22.0. The summed E-state index contributed by atoms with van der Waals surface area (Å²) in [6, 6.07) is 17.8. The summed E-state index contributed by atoms with van der Waals surface area (Å²) in [7, 11) is 0. The van der Waals surface area contributed by atoms with Gasteiger partial charge in [0.05, 0.1) is 13.1 Å². The van der Waals surface area contributed by atoms with Crippen LogP contribution in [0, 0.1) is 5.92 Å². The fourth-order valence-corrected chi connectivity index (χ4v) is 4.62. The third kappa shape index (κ3) is 5.16. The van der Waals surface area contributed by atoms with E-state index in [2.05, 4.69) is 46.7 Å². The van der Waals surface area contributed by atoms with Crippen LogP contribution in [0.5, 0.6) is 0 Å². The van der Waals surface area contributed by atoms with Gasteiger partial charge in [-0.25, -0.2) is 4.79 Å². The van der Waals surface area contributed by atoms with Crippen molar-refractivity contribution in [2.75, 3.05) is 19.6 Å². The summed E-state index contributed by atoms with van der Waals surface area (Å²) < 4.78 is 0. The summed E-state index contributed by atoms with van der Waals surface area (Å²) in [6.07, 6.45) is 2.06. The Labute approximate surface area is 188 Å². The molecule has 2 fully saturated rings. The zero-order chi connectivity index (χ0) is 22.5. The summed E-state index contributed by atoms with van der Waals surface area (Å²) in [5.74, 6) is 0.107. The third-order valence-electron chi connectivity index (χ3n) is 6.38. The molecule has 4 rings (SSSR count). The van der Waals surface area contributed by atoms with Crippen LogP contribution < -0.4 is 10.6 Å². The molecule has 0 saturated carbocycles. The molecule has 0 spiro atoms. The number of carbonyl (C=O) groups excluding carboxylic acids is 3. The molecule has 0 aliphatic carbocycles. The molecular weight excluding hydrogens is 404 g/mol. The van der Waals surface area contributed by atoms with Crippen LogP contribution in [-0.4, -0.2) is 53.3 Å². The van der Waals surface area contributed by atoms with Crippen molar-refractivity contribution in [3.05, 3.63) is 71.3 Å². The normalized spacial score (nSPS) is 21.1. The van der Waals surface area contributed by atoms with Crippen LogP contribution in [0.25, 0.3) is 0 Å². The van der Waals surface area contributed by atoms with Crippen molar-refractivity contribution < 1.29 is 14.4 Å². The van der Waals surface area contributed by atoms with Gasteiger partial charge in [0.2, 0.25) is 5.91 Å². The number of nitrogens with one attached hydrogen (secondary N) is 2. The zero-order valence-electron chi connectivity index (χ0n) is 18.4. The molecule has 2 aromatic rings. The van der Waals surface area contributed by atoms with Gasteiger partial charge in [-0.15, -0.1) is 0 Å². The summed E-state index contributed by atoms with van der Waals surface area (Å²) in [5, 5.41) is 5.54. The van der Waals surface area contributed by atoms with Gasteiger partial charge in [-0.05, 0) is 42.9 Å². The van der Waals surface area contributed by atoms with Crippen LogP contribution in [0.3, 0.4) is 0 Å². The lowest BCUT2D eigenvalue weighted by molar-refractivity contribution is -0.125. The lowest BCUT2D eigenvalue weighted by atomic mass is 10.0. The molecule has 32 heavy (non-hydrogen) atoms. The van der Waals surface area contributed by atoms with Gasteiger partial charge >= 0.3 is 6.03 Å². The van der Waals surface area contributed by atoms with E-state index in [4.69, 9.17) is 0 Å². The van der Waals surface area contributed by atoms with E-state index in [1.165, 1.54) is 5.56 Å². The second-order valence-electron chi connectivity index (χ2n) is 8.71. The number of amides is 4. The smallest absolute Gasteiger partial charge is 0.324 e. The highest BCUT2D eigenvalue weighted by Crippen LogP contribution is 2.27. The molecular formula is C25H30N4O3. The highest BCUT2D eigenvalue weighted by molar-refractivity contribution is 6.02. The molecule has 0 radical (unpaired) electrons. The Hall–Kier alpha value is -3.19. The largest absolute Gasteiger partial charge is 0.352 e. The van der Waals surface area contributed by atoms with E-state index in [1.807, 2.05) is 12.1 Å². The minimum absolute atomic E-state index is 0.00823. The highest BCUT2D eigenvalue weighted by atomic mass is 16.2. The molecule has 2 heterocycles. The number of carbonyl (C=O) groups is 3. The lowest BCUT2D eigenvalue weighted by Gasteiger charge is -2.21. The maximum Gasteiger partial charge on any atom is 0.324 e. The first-order valence-corrected chi connectivity index (χ1v) is 11.2. The number of nitrogens with zero attached hydrogens (tertiary/aromatic N) is 2. The highest BCUT2D eigenvalue weighted by Gasteiger charge is 2.30. The van der Waals surface area contributed by atoms with Crippen LogP contribution in [-0.2, 0) is 17.9 Å². The molecule has 2 saturated heterocycles. The van der Waals surface area contributed by atoms with Crippen molar-refractivity contribution in [1.82, 2.24) is 20.4 Å². The molecule has 4 amide bonds. The summed E-state index contributed by atoms with van der Waals surface area (Å²) in [6.45, 7) is 4.98. The summed E-state index contributed by atoms with van der Waals surface area (Å²) in [5.41, 5.74) is 2.50. The Bertz CT molecular complexity index is 962. The van der Waals surface area contributed by atoms with Crippen LogP contribution in [0.1, 0.15) is 41.3 Å². The second kappa shape index (κ2) is 9.96. The van der Waals surface area contributed by atoms with Gasteiger partial charge in [-0.3, -0.25) is 19.4 Å². The molecule has 7 heteroatoms. The summed E-state index contributed by atoms with van der Waals surface area (Å²) in [4.78, 5) is 40.2. The summed E-state index contributed by atoms with van der Waals surface area (Å²) >= 11 is 0. The Morgan fingerprint density at radius 3 is 2.56 bits per heavy atom. The van der Waals surface area contributed by atoms with Crippen molar-refractivity contribution in [1.29, 1.82) is 0 Å². The molecule has 7 nitrogen and oxygen atoms in total. The standard InChI is InChI=1S/C25H30N4O3/c1-18-13-20(16-28(18)15-19-7-3-2-4-8-19)11-12-26-24(31)22-10-6-5-9-21(22)17-29-23(30)14-27-25(29)32/h2-10,18,20H,11-17H2,1H3,(H,26,31)(H,27,32)/t18-,20-/m0/s1. The van der Waals surface area contributed by atoms with Crippen LogP contribution in [0.15, 0.2) is 54.6 Å². The SMILES string of the molecule is C[C@H]1C[C@H](CCNC(=O)c2ccccc2CN2C(=O)CNC2=O)CN1Cc1ccccc1. The van der Waals surface area contributed by atoms with Crippen LogP contribution in [0.4, 0.5) is 4.79 Å². The maximum absolute atomic E-state index is 12.8. The lowest BCUT2D eigenvalue weighted by Crippen LogP contribution is -2.32. The molecule has 168 valence electrons. The van der Waals surface area contributed by atoms with Crippen molar-refractivity contribution in [2.24, 2.45) is 5.92 Å². The molecule has 0 unspecified atom stereocenters. The van der Waals surface area contributed by atoms with Gasteiger partial charge in [0, 0.05) is 31.2 Å². The van der Waals surface area contributed by atoms with E-state index in [9.17, 15) is 14.4 Å². The monoisotopic (exact) mass is 434 g/mol. The van der Waals surface area contributed by atoms with E-state index >= 15 is 0 Å². The minimum Gasteiger partial charge on any atom is -0.352 e. The van der Waals surface area contributed by atoms with E-state index in [1.54, 1.807) is 18.2 Å². The second-order valence-corrected chi connectivity index (χ2v) is 8.71. The minimum atomic E-state index is -0.416. The maximum atomic E-state index is 12.8. The Morgan fingerprint density at radius 1 is 1.06 bits per heavy atom. The molecule has 2 N–H and O–H groups in total. The van der Waals surface area contributed by atoms with Crippen molar-refractivity contribution in [2.45, 2.75) is 38.9 Å². The number of hydrogen-bond donors (Lipinski definition) is 2. The average molecular weight is 435 g/mol. The number of urea groups is 1.